The first-order valence-electron chi connectivity index (χ1n) is 6.47. The summed E-state index contributed by atoms with van der Waals surface area (Å²) in [7, 11) is 3.82. The fourth-order valence-corrected chi connectivity index (χ4v) is 3.22. The highest BCUT2D eigenvalue weighted by molar-refractivity contribution is 6.28. The largest absolute Gasteiger partial charge is 0.347 e. The number of anilines is 2. The van der Waals surface area contributed by atoms with Crippen molar-refractivity contribution in [3.8, 4) is 0 Å². The van der Waals surface area contributed by atoms with Crippen molar-refractivity contribution >= 4 is 23.5 Å². The lowest BCUT2D eigenvalue weighted by Crippen LogP contribution is -2.25. The molecule has 98 valence electrons. The molecule has 1 aliphatic heterocycles. The summed E-state index contributed by atoms with van der Waals surface area (Å²) in [4.78, 5) is 17.0. The van der Waals surface area contributed by atoms with Crippen molar-refractivity contribution in [3.05, 3.63) is 5.28 Å². The van der Waals surface area contributed by atoms with Gasteiger partial charge in [0.2, 0.25) is 17.2 Å². The molecule has 0 N–H and O–H groups in total. The van der Waals surface area contributed by atoms with Crippen LogP contribution < -0.4 is 9.80 Å². The average Bonchev–Trinajstić information content (AvgIpc) is 2.87. The molecule has 5 nitrogen and oxygen atoms in total. The summed E-state index contributed by atoms with van der Waals surface area (Å²) in [6.07, 6.45) is 4.07. The number of hydrogen-bond acceptors (Lipinski definition) is 5. The van der Waals surface area contributed by atoms with Gasteiger partial charge in [0.1, 0.15) is 0 Å². The number of hydrogen-bond donors (Lipinski definition) is 0. The van der Waals surface area contributed by atoms with Crippen molar-refractivity contribution in [2.24, 2.45) is 11.8 Å². The van der Waals surface area contributed by atoms with Gasteiger partial charge in [0.05, 0.1) is 0 Å². The Labute approximate surface area is 112 Å². The van der Waals surface area contributed by atoms with E-state index >= 15 is 0 Å². The van der Waals surface area contributed by atoms with Crippen molar-refractivity contribution in [3.63, 3.8) is 0 Å². The summed E-state index contributed by atoms with van der Waals surface area (Å²) in [5.74, 6) is 3.00. The van der Waals surface area contributed by atoms with E-state index in [1.165, 1.54) is 19.3 Å². The van der Waals surface area contributed by atoms with Crippen LogP contribution >= 0.6 is 11.6 Å². The summed E-state index contributed by atoms with van der Waals surface area (Å²) < 4.78 is 0. The summed E-state index contributed by atoms with van der Waals surface area (Å²) in [6, 6.07) is 0. The second kappa shape index (κ2) is 4.53. The van der Waals surface area contributed by atoms with Gasteiger partial charge < -0.3 is 9.80 Å². The van der Waals surface area contributed by atoms with Gasteiger partial charge in [0.15, 0.2) is 0 Å². The van der Waals surface area contributed by atoms with Gasteiger partial charge in [0, 0.05) is 27.2 Å². The van der Waals surface area contributed by atoms with Gasteiger partial charge in [0.25, 0.3) is 0 Å². The van der Waals surface area contributed by atoms with E-state index in [-0.39, 0.29) is 5.28 Å². The maximum atomic E-state index is 5.98. The van der Waals surface area contributed by atoms with Gasteiger partial charge >= 0.3 is 0 Å². The molecule has 2 aliphatic rings. The van der Waals surface area contributed by atoms with Gasteiger partial charge in [-0.3, -0.25) is 0 Å². The number of rotatable bonds is 2. The number of aromatic nitrogens is 3. The van der Waals surface area contributed by atoms with Crippen molar-refractivity contribution in [2.45, 2.75) is 19.3 Å². The van der Waals surface area contributed by atoms with Crippen LogP contribution in [-0.2, 0) is 0 Å². The Morgan fingerprint density at radius 2 is 1.78 bits per heavy atom. The van der Waals surface area contributed by atoms with Crippen molar-refractivity contribution < 1.29 is 0 Å². The molecule has 1 saturated carbocycles. The Hall–Kier alpha value is -1.10. The highest BCUT2D eigenvalue weighted by Crippen LogP contribution is 2.38. The molecule has 18 heavy (non-hydrogen) atoms. The van der Waals surface area contributed by atoms with Crippen LogP contribution in [0.2, 0.25) is 5.28 Å². The highest BCUT2D eigenvalue weighted by Gasteiger charge is 2.37. The zero-order valence-corrected chi connectivity index (χ0v) is 11.6. The fraction of sp³-hybridized carbons (Fsp3) is 0.750. The van der Waals surface area contributed by atoms with Crippen molar-refractivity contribution in [1.82, 2.24) is 15.0 Å². The minimum atomic E-state index is 0.278. The fourth-order valence-electron chi connectivity index (χ4n) is 3.07. The van der Waals surface area contributed by atoms with Gasteiger partial charge in [-0.05, 0) is 36.3 Å². The average molecular weight is 268 g/mol. The molecule has 3 rings (SSSR count). The Bertz CT molecular complexity index is 438. The smallest absolute Gasteiger partial charge is 0.231 e. The Balaban J connectivity index is 1.84. The molecule has 6 heteroatoms. The SMILES string of the molecule is CN(C)c1nc(Cl)nc(N2CC3CCCC3C2)n1. The highest BCUT2D eigenvalue weighted by atomic mass is 35.5. The lowest BCUT2D eigenvalue weighted by Gasteiger charge is -2.19. The minimum Gasteiger partial charge on any atom is -0.347 e. The first-order valence-corrected chi connectivity index (χ1v) is 6.85. The summed E-state index contributed by atoms with van der Waals surface area (Å²) in [5.41, 5.74) is 0. The van der Waals surface area contributed by atoms with Gasteiger partial charge in [-0.1, -0.05) is 6.42 Å². The Kier molecular flexibility index (Phi) is 3.01. The zero-order chi connectivity index (χ0) is 12.7. The number of fused-ring (bicyclic) bond motifs is 1. The van der Waals surface area contributed by atoms with Crippen LogP contribution in [0.4, 0.5) is 11.9 Å². The second-order valence-electron chi connectivity index (χ2n) is 5.45. The predicted octanol–water partition coefficient (Wildman–Crippen LogP) is 1.83. The van der Waals surface area contributed by atoms with Crippen LogP contribution in [0.15, 0.2) is 0 Å². The van der Waals surface area contributed by atoms with E-state index in [1.807, 2.05) is 19.0 Å². The first kappa shape index (κ1) is 12.0. The van der Waals surface area contributed by atoms with E-state index in [9.17, 15) is 0 Å². The standard InChI is InChI=1S/C12H18ClN5/c1-17(2)11-14-10(13)15-12(16-11)18-6-8-4-3-5-9(8)7-18/h8-9H,3-7H2,1-2H3. The van der Waals surface area contributed by atoms with Crippen LogP contribution in [0.3, 0.4) is 0 Å². The molecule has 0 amide bonds. The lowest BCUT2D eigenvalue weighted by atomic mass is 10.0. The minimum absolute atomic E-state index is 0.278. The molecule has 2 heterocycles. The zero-order valence-electron chi connectivity index (χ0n) is 10.8. The quantitative estimate of drug-likeness (QED) is 0.818. The van der Waals surface area contributed by atoms with E-state index in [2.05, 4.69) is 19.9 Å². The molecular formula is C12H18ClN5. The summed E-state index contributed by atoms with van der Waals surface area (Å²) >= 11 is 5.98. The van der Waals surface area contributed by atoms with Crippen LogP contribution in [-0.4, -0.2) is 42.1 Å². The maximum Gasteiger partial charge on any atom is 0.231 e. The summed E-state index contributed by atoms with van der Waals surface area (Å²) in [6.45, 7) is 2.13. The van der Waals surface area contributed by atoms with Gasteiger partial charge in [-0.2, -0.15) is 15.0 Å². The molecule has 1 aromatic rings. The third-order valence-corrected chi connectivity index (χ3v) is 4.16. The van der Waals surface area contributed by atoms with E-state index in [0.717, 1.165) is 30.9 Å². The molecule has 0 aromatic carbocycles. The first-order chi connectivity index (χ1) is 8.63. The molecule has 0 spiro atoms. The van der Waals surface area contributed by atoms with E-state index < -0.39 is 0 Å². The normalized spacial score (nSPS) is 26.5. The van der Waals surface area contributed by atoms with Crippen LogP contribution in [0.1, 0.15) is 19.3 Å². The van der Waals surface area contributed by atoms with Crippen LogP contribution in [0.25, 0.3) is 0 Å². The van der Waals surface area contributed by atoms with E-state index in [1.54, 1.807) is 0 Å². The third-order valence-electron chi connectivity index (χ3n) is 3.99. The molecule has 0 bridgehead atoms. The molecule has 1 saturated heterocycles. The Morgan fingerprint density at radius 1 is 1.11 bits per heavy atom. The number of halogens is 1. The molecule has 2 atom stereocenters. The molecule has 0 radical (unpaired) electrons. The molecule has 2 fully saturated rings. The van der Waals surface area contributed by atoms with E-state index in [0.29, 0.717) is 5.95 Å². The topological polar surface area (TPSA) is 45.2 Å². The molecule has 1 aromatic heterocycles. The third kappa shape index (κ3) is 2.11. The van der Waals surface area contributed by atoms with Crippen LogP contribution in [0.5, 0.6) is 0 Å². The van der Waals surface area contributed by atoms with Crippen LogP contribution in [0, 0.1) is 11.8 Å². The predicted molar refractivity (Wildman–Crippen MR) is 72.2 cm³/mol. The molecular weight excluding hydrogens is 250 g/mol. The lowest BCUT2D eigenvalue weighted by molar-refractivity contribution is 0.494. The molecule has 2 unspecified atom stereocenters. The van der Waals surface area contributed by atoms with Crippen molar-refractivity contribution in [1.29, 1.82) is 0 Å². The monoisotopic (exact) mass is 267 g/mol. The number of nitrogens with zero attached hydrogens (tertiary/aromatic N) is 5. The maximum absolute atomic E-state index is 5.98. The van der Waals surface area contributed by atoms with Crippen molar-refractivity contribution in [2.75, 3.05) is 37.0 Å². The van der Waals surface area contributed by atoms with Gasteiger partial charge in [-0.25, -0.2) is 0 Å². The summed E-state index contributed by atoms with van der Waals surface area (Å²) in [5, 5.41) is 0.278. The van der Waals surface area contributed by atoms with Gasteiger partial charge in [-0.15, -0.1) is 0 Å². The molecule has 1 aliphatic carbocycles. The second-order valence-corrected chi connectivity index (χ2v) is 5.79. The van der Waals surface area contributed by atoms with E-state index in [4.69, 9.17) is 11.6 Å². The Morgan fingerprint density at radius 3 is 2.39 bits per heavy atom.